The molecule has 0 bridgehead atoms. The standard InChI is InChI=1S/C25H26N4O2/c1-19-9-7-10-20(17-19)31-16-8-15-29-23-13-4-3-11-21(23)27-24(29)18-28(2)25(30)22-12-5-6-14-26-22/h3-7,9-14,17H,8,15-16,18H2,1-2H3. The zero-order chi connectivity index (χ0) is 21.6. The number of nitrogens with zero attached hydrogens (tertiary/aromatic N) is 4. The van der Waals surface area contributed by atoms with E-state index in [1.54, 1.807) is 30.3 Å². The Bertz CT molecular complexity index is 1170. The molecule has 0 aliphatic carbocycles. The third-order valence-corrected chi connectivity index (χ3v) is 5.13. The van der Waals surface area contributed by atoms with Gasteiger partial charge in [0, 0.05) is 19.8 Å². The van der Waals surface area contributed by atoms with E-state index in [0.717, 1.165) is 35.6 Å². The molecule has 0 saturated heterocycles. The van der Waals surface area contributed by atoms with Crippen LogP contribution in [0.3, 0.4) is 0 Å². The van der Waals surface area contributed by atoms with Crippen LogP contribution in [0.1, 0.15) is 28.3 Å². The van der Waals surface area contributed by atoms with Crippen molar-refractivity contribution >= 4 is 16.9 Å². The SMILES string of the molecule is Cc1cccc(OCCCn2c(CN(C)C(=O)c3ccccn3)nc3ccccc32)c1. The summed E-state index contributed by atoms with van der Waals surface area (Å²) in [6.45, 7) is 3.83. The average Bonchev–Trinajstić information content (AvgIpc) is 3.13. The number of amides is 1. The molecule has 2 aromatic carbocycles. The molecule has 0 radical (unpaired) electrons. The summed E-state index contributed by atoms with van der Waals surface area (Å²) in [5, 5.41) is 0. The van der Waals surface area contributed by atoms with Gasteiger partial charge in [-0.1, -0.05) is 30.3 Å². The number of rotatable bonds is 8. The topological polar surface area (TPSA) is 60.2 Å². The third kappa shape index (κ3) is 4.91. The lowest BCUT2D eigenvalue weighted by Crippen LogP contribution is -2.28. The Balaban J connectivity index is 1.47. The van der Waals surface area contributed by atoms with Gasteiger partial charge in [0.1, 0.15) is 17.3 Å². The molecular weight excluding hydrogens is 388 g/mol. The van der Waals surface area contributed by atoms with Crippen LogP contribution in [0, 0.1) is 6.92 Å². The number of hydrogen-bond acceptors (Lipinski definition) is 4. The predicted molar refractivity (Wildman–Crippen MR) is 121 cm³/mol. The zero-order valence-electron chi connectivity index (χ0n) is 17.9. The smallest absolute Gasteiger partial charge is 0.272 e. The van der Waals surface area contributed by atoms with Gasteiger partial charge in [0.15, 0.2) is 0 Å². The summed E-state index contributed by atoms with van der Waals surface area (Å²) in [5.41, 5.74) is 3.60. The summed E-state index contributed by atoms with van der Waals surface area (Å²) in [6, 6.07) is 21.5. The van der Waals surface area contributed by atoms with E-state index >= 15 is 0 Å². The number of aryl methyl sites for hydroxylation is 2. The van der Waals surface area contributed by atoms with Gasteiger partial charge in [-0.2, -0.15) is 0 Å². The van der Waals surface area contributed by atoms with Gasteiger partial charge in [-0.05, 0) is 55.3 Å². The van der Waals surface area contributed by atoms with Crippen molar-refractivity contribution in [3.63, 3.8) is 0 Å². The molecule has 0 N–H and O–H groups in total. The minimum Gasteiger partial charge on any atom is -0.494 e. The van der Waals surface area contributed by atoms with Crippen LogP contribution < -0.4 is 4.74 Å². The summed E-state index contributed by atoms with van der Waals surface area (Å²) in [7, 11) is 1.78. The van der Waals surface area contributed by atoms with Gasteiger partial charge in [0.05, 0.1) is 24.2 Å². The van der Waals surface area contributed by atoms with E-state index in [1.807, 2.05) is 42.5 Å². The highest BCUT2D eigenvalue weighted by Gasteiger charge is 2.17. The molecule has 0 saturated carbocycles. The number of para-hydroxylation sites is 2. The van der Waals surface area contributed by atoms with E-state index in [9.17, 15) is 4.79 Å². The molecule has 1 amide bonds. The number of carbonyl (C=O) groups is 1. The first-order valence-corrected chi connectivity index (χ1v) is 10.4. The molecule has 0 fully saturated rings. The summed E-state index contributed by atoms with van der Waals surface area (Å²) in [5.74, 6) is 1.61. The van der Waals surface area contributed by atoms with Crippen LogP contribution in [0.15, 0.2) is 72.9 Å². The summed E-state index contributed by atoms with van der Waals surface area (Å²) in [6.07, 6.45) is 2.46. The number of aromatic nitrogens is 3. The van der Waals surface area contributed by atoms with E-state index < -0.39 is 0 Å². The molecule has 0 aliphatic rings. The van der Waals surface area contributed by atoms with Crippen LogP contribution in [-0.4, -0.2) is 39.0 Å². The van der Waals surface area contributed by atoms with E-state index in [2.05, 4.69) is 28.6 Å². The predicted octanol–water partition coefficient (Wildman–Crippen LogP) is 4.48. The molecule has 6 heteroatoms. The molecule has 0 aliphatic heterocycles. The Hall–Kier alpha value is -3.67. The highest BCUT2D eigenvalue weighted by molar-refractivity contribution is 5.92. The van der Waals surface area contributed by atoms with E-state index in [0.29, 0.717) is 18.8 Å². The van der Waals surface area contributed by atoms with Crippen molar-refractivity contribution in [1.29, 1.82) is 0 Å². The molecule has 6 nitrogen and oxygen atoms in total. The van der Waals surface area contributed by atoms with Crippen molar-refractivity contribution in [2.24, 2.45) is 0 Å². The lowest BCUT2D eigenvalue weighted by atomic mass is 10.2. The fourth-order valence-electron chi connectivity index (χ4n) is 3.58. The molecular formula is C25H26N4O2. The van der Waals surface area contributed by atoms with Crippen molar-refractivity contribution in [1.82, 2.24) is 19.4 Å². The Kier molecular flexibility index (Phi) is 6.26. The second kappa shape index (κ2) is 9.43. The number of imidazole rings is 1. The molecule has 2 aromatic heterocycles. The van der Waals surface area contributed by atoms with Crippen molar-refractivity contribution in [2.45, 2.75) is 26.4 Å². The van der Waals surface area contributed by atoms with Gasteiger partial charge >= 0.3 is 0 Å². The van der Waals surface area contributed by atoms with Crippen molar-refractivity contribution in [2.75, 3.05) is 13.7 Å². The van der Waals surface area contributed by atoms with Gasteiger partial charge in [-0.3, -0.25) is 9.78 Å². The molecule has 0 atom stereocenters. The minimum absolute atomic E-state index is 0.123. The minimum atomic E-state index is -0.123. The van der Waals surface area contributed by atoms with E-state index in [-0.39, 0.29) is 5.91 Å². The normalized spacial score (nSPS) is 10.9. The van der Waals surface area contributed by atoms with Crippen LogP contribution in [0.2, 0.25) is 0 Å². The Morgan fingerprint density at radius 2 is 1.90 bits per heavy atom. The first kappa shape index (κ1) is 20.6. The first-order valence-electron chi connectivity index (χ1n) is 10.4. The molecule has 0 spiro atoms. The Morgan fingerprint density at radius 3 is 2.71 bits per heavy atom. The third-order valence-electron chi connectivity index (χ3n) is 5.13. The second-order valence-electron chi connectivity index (χ2n) is 7.56. The summed E-state index contributed by atoms with van der Waals surface area (Å²) in [4.78, 5) is 23.3. The maximum Gasteiger partial charge on any atom is 0.272 e. The van der Waals surface area contributed by atoms with Gasteiger partial charge in [-0.25, -0.2) is 4.98 Å². The van der Waals surface area contributed by atoms with E-state index in [4.69, 9.17) is 9.72 Å². The number of benzene rings is 2. The maximum absolute atomic E-state index is 12.7. The zero-order valence-corrected chi connectivity index (χ0v) is 17.9. The first-order chi connectivity index (χ1) is 15.1. The number of pyridine rings is 1. The lowest BCUT2D eigenvalue weighted by Gasteiger charge is -2.18. The van der Waals surface area contributed by atoms with Crippen LogP contribution in [0.25, 0.3) is 11.0 Å². The van der Waals surface area contributed by atoms with Gasteiger partial charge in [0.25, 0.3) is 5.91 Å². The number of ether oxygens (including phenoxy) is 1. The van der Waals surface area contributed by atoms with Gasteiger partial charge in [0.2, 0.25) is 0 Å². The van der Waals surface area contributed by atoms with Crippen LogP contribution in [0.4, 0.5) is 0 Å². The molecule has 2 heterocycles. The molecule has 0 unspecified atom stereocenters. The molecule has 158 valence electrons. The Labute approximate surface area is 182 Å². The highest BCUT2D eigenvalue weighted by Crippen LogP contribution is 2.19. The largest absolute Gasteiger partial charge is 0.494 e. The maximum atomic E-state index is 12.7. The quantitative estimate of drug-likeness (QED) is 0.399. The highest BCUT2D eigenvalue weighted by atomic mass is 16.5. The van der Waals surface area contributed by atoms with Crippen molar-refractivity contribution in [3.05, 3.63) is 90.0 Å². The van der Waals surface area contributed by atoms with E-state index in [1.165, 1.54) is 5.56 Å². The molecule has 4 rings (SSSR count). The van der Waals surface area contributed by atoms with Gasteiger partial charge < -0.3 is 14.2 Å². The summed E-state index contributed by atoms with van der Waals surface area (Å²) < 4.78 is 8.09. The van der Waals surface area contributed by atoms with Gasteiger partial charge in [-0.15, -0.1) is 0 Å². The Morgan fingerprint density at radius 1 is 1.06 bits per heavy atom. The van der Waals surface area contributed by atoms with Crippen molar-refractivity contribution in [3.8, 4) is 5.75 Å². The number of carbonyl (C=O) groups excluding carboxylic acids is 1. The molecule has 31 heavy (non-hydrogen) atoms. The number of fused-ring (bicyclic) bond motifs is 1. The average molecular weight is 415 g/mol. The second-order valence-corrected chi connectivity index (χ2v) is 7.56. The summed E-state index contributed by atoms with van der Waals surface area (Å²) >= 11 is 0. The fraction of sp³-hybridized carbons (Fsp3) is 0.240. The lowest BCUT2D eigenvalue weighted by molar-refractivity contribution is 0.0774. The van der Waals surface area contributed by atoms with Crippen LogP contribution in [-0.2, 0) is 13.1 Å². The molecule has 4 aromatic rings. The van der Waals surface area contributed by atoms with Crippen LogP contribution in [0.5, 0.6) is 5.75 Å². The number of hydrogen-bond donors (Lipinski definition) is 0. The van der Waals surface area contributed by atoms with Crippen LogP contribution >= 0.6 is 0 Å². The monoisotopic (exact) mass is 414 g/mol. The fourth-order valence-corrected chi connectivity index (χ4v) is 3.58. The van der Waals surface area contributed by atoms with Crippen molar-refractivity contribution < 1.29 is 9.53 Å².